The van der Waals surface area contributed by atoms with Crippen molar-refractivity contribution in [3.05, 3.63) is 74.8 Å². The first-order chi connectivity index (χ1) is 14.3. The number of esters is 1. The molecule has 1 atom stereocenters. The number of carbonyl (C=O) groups is 3. The maximum absolute atomic E-state index is 12.6. The molecule has 0 aromatic heterocycles. The Morgan fingerprint density at radius 2 is 1.87 bits per heavy atom. The number of nitro groups is 1. The van der Waals surface area contributed by atoms with Crippen LogP contribution in [0.3, 0.4) is 0 Å². The standard InChI is InChI=1S/C21H20N2O7/c1-13(14-5-3-6-16(11-14)23(27)28)30-21(26)15-7-8-17-18(12-15)20(25)22(19(17)24)9-4-10-29-2/h3,5-8,11-13H,4,9-10H2,1-2H3/t13-/m0/s1. The SMILES string of the molecule is COCCCN1C(=O)c2ccc(C(=O)O[C@@H](C)c3cccc([N+](=O)[O-])c3)cc2C1=O. The largest absolute Gasteiger partial charge is 0.454 e. The molecule has 0 spiro atoms. The summed E-state index contributed by atoms with van der Waals surface area (Å²) in [4.78, 5) is 49.1. The highest BCUT2D eigenvalue weighted by Crippen LogP contribution is 2.26. The molecular formula is C21H20N2O7. The number of imide groups is 1. The van der Waals surface area contributed by atoms with Gasteiger partial charge in [-0.3, -0.25) is 24.6 Å². The predicted octanol–water partition coefficient (Wildman–Crippen LogP) is 3.15. The van der Waals surface area contributed by atoms with Crippen LogP contribution in [0.5, 0.6) is 0 Å². The van der Waals surface area contributed by atoms with E-state index in [9.17, 15) is 24.5 Å². The molecule has 0 unspecified atom stereocenters. The molecule has 2 aromatic rings. The first-order valence-corrected chi connectivity index (χ1v) is 9.28. The molecule has 30 heavy (non-hydrogen) atoms. The van der Waals surface area contributed by atoms with Crippen LogP contribution in [0.15, 0.2) is 42.5 Å². The molecule has 0 aliphatic carbocycles. The number of nitrogens with zero attached hydrogens (tertiary/aromatic N) is 2. The molecule has 0 saturated heterocycles. The van der Waals surface area contributed by atoms with Gasteiger partial charge in [-0.15, -0.1) is 0 Å². The third-order valence-electron chi connectivity index (χ3n) is 4.77. The fourth-order valence-corrected chi connectivity index (χ4v) is 3.18. The van der Waals surface area contributed by atoms with Gasteiger partial charge >= 0.3 is 5.97 Å². The molecule has 2 amide bonds. The van der Waals surface area contributed by atoms with Crippen LogP contribution in [0.2, 0.25) is 0 Å². The van der Waals surface area contributed by atoms with Gasteiger partial charge in [-0.05, 0) is 37.1 Å². The second-order valence-corrected chi connectivity index (χ2v) is 6.77. The number of amides is 2. The number of non-ortho nitro benzene ring substituents is 1. The van der Waals surface area contributed by atoms with Gasteiger partial charge in [0.15, 0.2) is 0 Å². The van der Waals surface area contributed by atoms with Crippen LogP contribution in [0, 0.1) is 10.1 Å². The topological polar surface area (TPSA) is 116 Å². The van der Waals surface area contributed by atoms with E-state index in [2.05, 4.69) is 0 Å². The van der Waals surface area contributed by atoms with Gasteiger partial charge in [-0.25, -0.2) is 4.79 Å². The zero-order valence-corrected chi connectivity index (χ0v) is 16.5. The van der Waals surface area contributed by atoms with Crippen LogP contribution in [-0.4, -0.2) is 47.9 Å². The summed E-state index contributed by atoms with van der Waals surface area (Å²) in [6, 6.07) is 10.0. The van der Waals surface area contributed by atoms with Crippen LogP contribution < -0.4 is 0 Å². The summed E-state index contributed by atoms with van der Waals surface area (Å²) in [7, 11) is 1.54. The summed E-state index contributed by atoms with van der Waals surface area (Å²) in [5.41, 5.74) is 0.862. The second-order valence-electron chi connectivity index (χ2n) is 6.77. The van der Waals surface area contributed by atoms with E-state index in [-0.39, 0.29) is 28.9 Å². The molecule has 2 aromatic carbocycles. The van der Waals surface area contributed by atoms with Gasteiger partial charge in [0.25, 0.3) is 17.5 Å². The number of hydrogen-bond acceptors (Lipinski definition) is 7. The summed E-state index contributed by atoms with van der Waals surface area (Å²) in [5, 5.41) is 10.9. The normalized spacial score (nSPS) is 13.9. The summed E-state index contributed by atoms with van der Waals surface area (Å²) >= 11 is 0. The van der Waals surface area contributed by atoms with Gasteiger partial charge in [-0.2, -0.15) is 0 Å². The fourth-order valence-electron chi connectivity index (χ4n) is 3.18. The Bertz CT molecular complexity index is 1020. The third kappa shape index (κ3) is 4.20. The van der Waals surface area contributed by atoms with E-state index >= 15 is 0 Å². The van der Waals surface area contributed by atoms with Crippen molar-refractivity contribution >= 4 is 23.5 Å². The van der Waals surface area contributed by atoms with Crippen LogP contribution >= 0.6 is 0 Å². The third-order valence-corrected chi connectivity index (χ3v) is 4.77. The van der Waals surface area contributed by atoms with Crippen molar-refractivity contribution in [1.29, 1.82) is 0 Å². The molecule has 156 valence electrons. The molecule has 1 aliphatic rings. The lowest BCUT2D eigenvalue weighted by atomic mass is 10.1. The van der Waals surface area contributed by atoms with Gasteiger partial charge in [0, 0.05) is 32.4 Å². The first-order valence-electron chi connectivity index (χ1n) is 9.28. The number of nitro benzene ring substituents is 1. The van der Waals surface area contributed by atoms with Crippen molar-refractivity contribution in [2.45, 2.75) is 19.4 Å². The Kier molecular flexibility index (Phi) is 6.22. The highest BCUT2D eigenvalue weighted by molar-refractivity contribution is 6.21. The minimum Gasteiger partial charge on any atom is -0.454 e. The van der Waals surface area contributed by atoms with Crippen molar-refractivity contribution in [2.24, 2.45) is 0 Å². The highest BCUT2D eigenvalue weighted by Gasteiger charge is 2.35. The number of ether oxygens (including phenoxy) is 2. The van der Waals surface area contributed by atoms with E-state index in [0.29, 0.717) is 18.6 Å². The maximum Gasteiger partial charge on any atom is 0.338 e. The molecule has 9 nitrogen and oxygen atoms in total. The van der Waals surface area contributed by atoms with E-state index < -0.39 is 28.8 Å². The molecule has 1 heterocycles. The molecule has 9 heteroatoms. The quantitative estimate of drug-likeness (QED) is 0.215. The average Bonchev–Trinajstić information content (AvgIpc) is 2.98. The fraction of sp³-hybridized carbons (Fsp3) is 0.286. The number of rotatable bonds is 8. The number of fused-ring (bicyclic) bond motifs is 1. The number of carbonyl (C=O) groups excluding carboxylic acids is 3. The molecule has 0 saturated carbocycles. The van der Waals surface area contributed by atoms with E-state index in [4.69, 9.17) is 9.47 Å². The van der Waals surface area contributed by atoms with Gasteiger partial charge in [-0.1, -0.05) is 12.1 Å². The van der Waals surface area contributed by atoms with Crippen LogP contribution in [0.1, 0.15) is 56.1 Å². The molecule has 3 rings (SSSR count). The van der Waals surface area contributed by atoms with Crippen molar-refractivity contribution in [3.63, 3.8) is 0 Å². The summed E-state index contributed by atoms with van der Waals surface area (Å²) in [5.74, 6) is -1.57. The summed E-state index contributed by atoms with van der Waals surface area (Å²) in [6.07, 6.45) is -0.231. The Balaban J connectivity index is 1.75. The summed E-state index contributed by atoms with van der Waals surface area (Å²) < 4.78 is 10.3. The monoisotopic (exact) mass is 412 g/mol. The smallest absolute Gasteiger partial charge is 0.338 e. The van der Waals surface area contributed by atoms with E-state index in [1.165, 1.54) is 43.5 Å². The molecular weight excluding hydrogens is 392 g/mol. The Morgan fingerprint density at radius 3 is 2.57 bits per heavy atom. The molecule has 0 N–H and O–H groups in total. The number of hydrogen-bond donors (Lipinski definition) is 0. The van der Waals surface area contributed by atoms with Crippen molar-refractivity contribution in [2.75, 3.05) is 20.3 Å². The zero-order valence-electron chi connectivity index (χ0n) is 16.5. The Morgan fingerprint density at radius 1 is 1.13 bits per heavy atom. The van der Waals surface area contributed by atoms with E-state index in [1.807, 2.05) is 0 Å². The lowest BCUT2D eigenvalue weighted by Crippen LogP contribution is -2.31. The van der Waals surface area contributed by atoms with Crippen molar-refractivity contribution in [3.8, 4) is 0 Å². The molecule has 0 radical (unpaired) electrons. The Labute approximate surface area is 172 Å². The van der Waals surface area contributed by atoms with Crippen LogP contribution in [-0.2, 0) is 9.47 Å². The molecule has 0 fully saturated rings. The van der Waals surface area contributed by atoms with Gasteiger partial charge in [0.1, 0.15) is 6.10 Å². The van der Waals surface area contributed by atoms with E-state index in [0.717, 1.165) is 4.90 Å². The lowest BCUT2D eigenvalue weighted by Gasteiger charge is -2.14. The average molecular weight is 412 g/mol. The molecule has 1 aliphatic heterocycles. The predicted molar refractivity (Wildman–Crippen MR) is 105 cm³/mol. The number of benzene rings is 2. The minimum atomic E-state index is -0.742. The van der Waals surface area contributed by atoms with Crippen LogP contribution in [0.25, 0.3) is 0 Å². The second kappa shape index (κ2) is 8.83. The minimum absolute atomic E-state index is 0.106. The number of methoxy groups -OCH3 is 1. The van der Waals surface area contributed by atoms with Gasteiger partial charge in [0.05, 0.1) is 21.6 Å². The maximum atomic E-state index is 12.6. The Hall–Kier alpha value is -3.59. The van der Waals surface area contributed by atoms with E-state index in [1.54, 1.807) is 13.0 Å². The van der Waals surface area contributed by atoms with Crippen molar-refractivity contribution in [1.82, 2.24) is 4.90 Å². The van der Waals surface area contributed by atoms with Crippen LogP contribution in [0.4, 0.5) is 5.69 Å². The molecule has 0 bridgehead atoms. The zero-order chi connectivity index (χ0) is 21.8. The van der Waals surface area contributed by atoms with Crippen molar-refractivity contribution < 1.29 is 28.8 Å². The summed E-state index contributed by atoms with van der Waals surface area (Å²) in [6.45, 7) is 2.24. The van der Waals surface area contributed by atoms with Gasteiger partial charge < -0.3 is 9.47 Å². The highest BCUT2D eigenvalue weighted by atomic mass is 16.6. The van der Waals surface area contributed by atoms with Gasteiger partial charge in [0.2, 0.25) is 0 Å². The first kappa shape index (κ1) is 21.1. The lowest BCUT2D eigenvalue weighted by molar-refractivity contribution is -0.385.